The Hall–Kier alpha value is -3.25. The zero-order valence-corrected chi connectivity index (χ0v) is 15.9. The van der Waals surface area contributed by atoms with E-state index < -0.39 is 6.10 Å². The van der Waals surface area contributed by atoms with E-state index >= 15 is 0 Å². The minimum Gasteiger partial charge on any atom is -0.391 e. The molecule has 1 aliphatic rings. The first-order chi connectivity index (χ1) is 14.2. The van der Waals surface area contributed by atoms with Gasteiger partial charge in [0.15, 0.2) is 0 Å². The van der Waals surface area contributed by atoms with E-state index in [9.17, 15) is 9.90 Å². The zero-order chi connectivity index (χ0) is 19.8. The molecule has 0 radical (unpaired) electrons. The van der Waals surface area contributed by atoms with Gasteiger partial charge in [0.2, 0.25) is 0 Å². The largest absolute Gasteiger partial charge is 0.391 e. The Labute approximate surface area is 168 Å². The molecule has 0 aliphatic heterocycles. The van der Waals surface area contributed by atoms with Gasteiger partial charge in [0.25, 0.3) is 5.91 Å². The molecule has 0 unspecified atom stereocenters. The van der Waals surface area contributed by atoms with Crippen LogP contribution in [0.25, 0.3) is 33.2 Å². The number of aliphatic hydroxyl groups is 1. The fourth-order valence-corrected chi connectivity index (χ4v) is 4.08. The molecule has 3 N–H and O–H groups in total. The summed E-state index contributed by atoms with van der Waals surface area (Å²) in [6.45, 7) is 0. The maximum absolute atomic E-state index is 12.8. The van der Waals surface area contributed by atoms with Crippen LogP contribution >= 0.6 is 0 Å². The molecular weight excluding hydrogens is 364 g/mol. The summed E-state index contributed by atoms with van der Waals surface area (Å²) < 4.78 is 0. The number of aliphatic hydroxyl groups excluding tert-OH is 1. The molecule has 0 bridgehead atoms. The summed E-state index contributed by atoms with van der Waals surface area (Å²) in [4.78, 5) is 17.5. The monoisotopic (exact) mass is 386 g/mol. The maximum Gasteiger partial charge on any atom is 0.251 e. The number of H-pyrrole nitrogens is 1. The fourth-order valence-electron chi connectivity index (χ4n) is 4.08. The van der Waals surface area contributed by atoms with Crippen molar-refractivity contribution in [3.63, 3.8) is 0 Å². The number of rotatable bonds is 3. The Kier molecular flexibility index (Phi) is 4.48. The minimum absolute atomic E-state index is 0.170. The molecule has 2 aromatic carbocycles. The van der Waals surface area contributed by atoms with Crippen molar-refractivity contribution >= 4 is 27.7 Å². The SMILES string of the molecule is O=C(N[C@@H]1CCCC[C@H]1O)c1ccc2[nH]nc(-c3ccc4ccccc4n3)c2c1. The quantitative estimate of drug-likeness (QED) is 0.499. The molecule has 2 atom stereocenters. The van der Waals surface area contributed by atoms with Crippen molar-refractivity contribution in [2.24, 2.45) is 0 Å². The summed E-state index contributed by atoms with van der Waals surface area (Å²) in [5.41, 5.74) is 3.79. The van der Waals surface area contributed by atoms with Crippen LogP contribution < -0.4 is 5.32 Å². The molecule has 2 aromatic heterocycles. The Balaban J connectivity index is 1.49. The van der Waals surface area contributed by atoms with Crippen LogP contribution in [0.2, 0.25) is 0 Å². The van der Waals surface area contributed by atoms with E-state index in [1.807, 2.05) is 48.5 Å². The molecule has 2 heterocycles. The predicted molar refractivity (Wildman–Crippen MR) is 113 cm³/mol. The summed E-state index contributed by atoms with van der Waals surface area (Å²) >= 11 is 0. The number of hydrogen-bond acceptors (Lipinski definition) is 4. The lowest BCUT2D eigenvalue weighted by Crippen LogP contribution is -2.45. The van der Waals surface area contributed by atoms with Gasteiger partial charge >= 0.3 is 0 Å². The molecule has 29 heavy (non-hydrogen) atoms. The van der Waals surface area contributed by atoms with Crippen LogP contribution in [0.3, 0.4) is 0 Å². The molecule has 6 heteroatoms. The molecule has 146 valence electrons. The number of nitrogens with zero attached hydrogens (tertiary/aromatic N) is 2. The van der Waals surface area contributed by atoms with Gasteiger partial charge in [-0.05, 0) is 43.2 Å². The number of aromatic nitrogens is 3. The second-order valence-electron chi connectivity index (χ2n) is 7.65. The molecule has 1 saturated carbocycles. The highest BCUT2D eigenvalue weighted by Gasteiger charge is 2.25. The van der Waals surface area contributed by atoms with Crippen molar-refractivity contribution in [1.82, 2.24) is 20.5 Å². The van der Waals surface area contributed by atoms with Gasteiger partial charge in [-0.3, -0.25) is 9.89 Å². The number of hydrogen-bond donors (Lipinski definition) is 3. The second-order valence-corrected chi connectivity index (χ2v) is 7.65. The Bertz CT molecular complexity index is 1200. The van der Waals surface area contributed by atoms with Crippen LogP contribution in [0.1, 0.15) is 36.0 Å². The molecule has 1 amide bonds. The van der Waals surface area contributed by atoms with Gasteiger partial charge < -0.3 is 10.4 Å². The number of nitrogens with one attached hydrogen (secondary N) is 2. The van der Waals surface area contributed by atoms with E-state index in [2.05, 4.69) is 15.5 Å². The standard InChI is InChI=1S/C23H22N4O2/c28-21-8-4-3-7-19(21)25-23(29)15-10-11-18-16(13-15)22(27-26-18)20-12-9-14-5-1-2-6-17(14)24-20/h1-2,5-6,9-13,19,21,28H,3-4,7-8H2,(H,25,29)(H,26,27)/t19-,21-/m1/s1. The first-order valence-electron chi connectivity index (χ1n) is 10.0. The molecule has 1 fully saturated rings. The number of carbonyl (C=O) groups excluding carboxylic acids is 1. The molecular formula is C23H22N4O2. The number of benzene rings is 2. The van der Waals surface area contributed by atoms with E-state index in [1.54, 1.807) is 6.07 Å². The van der Waals surface area contributed by atoms with Crippen molar-refractivity contribution in [1.29, 1.82) is 0 Å². The van der Waals surface area contributed by atoms with Crippen molar-refractivity contribution in [3.8, 4) is 11.4 Å². The Morgan fingerprint density at radius 3 is 2.83 bits per heavy atom. The third-order valence-electron chi connectivity index (χ3n) is 5.71. The van der Waals surface area contributed by atoms with Crippen LogP contribution in [0.15, 0.2) is 54.6 Å². The topological polar surface area (TPSA) is 90.9 Å². The zero-order valence-electron chi connectivity index (χ0n) is 15.9. The van der Waals surface area contributed by atoms with Crippen LogP contribution in [0.4, 0.5) is 0 Å². The van der Waals surface area contributed by atoms with Crippen LogP contribution in [0, 0.1) is 0 Å². The predicted octanol–water partition coefficient (Wildman–Crippen LogP) is 3.81. The average Bonchev–Trinajstić information content (AvgIpc) is 3.18. The number of aromatic amines is 1. The van der Waals surface area contributed by atoms with E-state index in [0.717, 1.165) is 58.9 Å². The summed E-state index contributed by atoms with van der Waals surface area (Å²) in [5, 5.41) is 22.5. The molecule has 6 nitrogen and oxygen atoms in total. The molecule has 1 aliphatic carbocycles. The Morgan fingerprint density at radius 1 is 1.07 bits per heavy atom. The van der Waals surface area contributed by atoms with E-state index in [1.165, 1.54) is 0 Å². The van der Waals surface area contributed by atoms with Gasteiger partial charge in [0.1, 0.15) is 5.69 Å². The third-order valence-corrected chi connectivity index (χ3v) is 5.71. The average molecular weight is 386 g/mol. The van der Waals surface area contributed by atoms with Gasteiger partial charge in [-0.15, -0.1) is 0 Å². The third kappa shape index (κ3) is 3.36. The molecule has 0 saturated heterocycles. The van der Waals surface area contributed by atoms with Gasteiger partial charge in [-0.2, -0.15) is 5.10 Å². The number of pyridine rings is 1. The van der Waals surface area contributed by atoms with Crippen LogP contribution in [0.5, 0.6) is 0 Å². The lowest BCUT2D eigenvalue weighted by molar-refractivity contribution is 0.0717. The number of amides is 1. The van der Waals surface area contributed by atoms with E-state index in [4.69, 9.17) is 4.98 Å². The Morgan fingerprint density at radius 2 is 1.93 bits per heavy atom. The minimum atomic E-state index is -0.470. The first-order valence-corrected chi connectivity index (χ1v) is 10.0. The van der Waals surface area contributed by atoms with Crippen molar-refractivity contribution in [2.45, 2.75) is 37.8 Å². The number of fused-ring (bicyclic) bond motifs is 2. The van der Waals surface area contributed by atoms with E-state index in [0.29, 0.717) is 5.56 Å². The van der Waals surface area contributed by atoms with Crippen LogP contribution in [-0.4, -0.2) is 38.3 Å². The normalized spacial score (nSPS) is 19.5. The van der Waals surface area contributed by atoms with Crippen molar-refractivity contribution in [2.75, 3.05) is 0 Å². The highest BCUT2D eigenvalue weighted by atomic mass is 16.3. The highest BCUT2D eigenvalue weighted by Crippen LogP contribution is 2.27. The lowest BCUT2D eigenvalue weighted by Gasteiger charge is -2.28. The van der Waals surface area contributed by atoms with Gasteiger partial charge in [0.05, 0.1) is 28.9 Å². The highest BCUT2D eigenvalue weighted by molar-refractivity contribution is 6.01. The summed E-state index contributed by atoms with van der Waals surface area (Å²) in [5.74, 6) is -0.170. The first kappa shape index (κ1) is 17.8. The summed E-state index contributed by atoms with van der Waals surface area (Å²) in [7, 11) is 0. The summed E-state index contributed by atoms with van der Waals surface area (Å²) in [6.07, 6.45) is 3.12. The van der Waals surface area contributed by atoms with E-state index in [-0.39, 0.29) is 11.9 Å². The maximum atomic E-state index is 12.8. The van der Waals surface area contributed by atoms with Gasteiger partial charge in [-0.1, -0.05) is 37.1 Å². The van der Waals surface area contributed by atoms with Crippen molar-refractivity contribution in [3.05, 3.63) is 60.2 Å². The second kappa shape index (κ2) is 7.29. The fraction of sp³-hybridized carbons (Fsp3) is 0.261. The van der Waals surface area contributed by atoms with Gasteiger partial charge in [-0.25, -0.2) is 4.98 Å². The van der Waals surface area contributed by atoms with Crippen LogP contribution in [-0.2, 0) is 0 Å². The molecule has 4 aromatic rings. The lowest BCUT2D eigenvalue weighted by atomic mass is 9.92. The molecule has 0 spiro atoms. The molecule has 5 rings (SSSR count). The number of carbonyl (C=O) groups is 1. The number of para-hydroxylation sites is 1. The van der Waals surface area contributed by atoms with Crippen molar-refractivity contribution < 1.29 is 9.90 Å². The van der Waals surface area contributed by atoms with Gasteiger partial charge in [0, 0.05) is 16.3 Å². The smallest absolute Gasteiger partial charge is 0.251 e. The summed E-state index contributed by atoms with van der Waals surface area (Å²) in [6, 6.07) is 17.2.